The molecule has 1 atom stereocenters. The minimum absolute atomic E-state index is 0.277. The molecule has 1 aliphatic rings. The summed E-state index contributed by atoms with van der Waals surface area (Å²) in [5, 5.41) is 3.49. The Hall–Kier alpha value is -0.830. The fourth-order valence-corrected chi connectivity index (χ4v) is 2.37. The molecule has 0 aliphatic carbocycles. The summed E-state index contributed by atoms with van der Waals surface area (Å²) >= 11 is 0. The van der Waals surface area contributed by atoms with Gasteiger partial charge in [0, 0.05) is 25.6 Å². The van der Waals surface area contributed by atoms with Crippen LogP contribution in [0, 0.1) is 0 Å². The molecule has 17 heavy (non-hydrogen) atoms. The fourth-order valence-electron chi connectivity index (χ4n) is 2.37. The second kappa shape index (κ2) is 8.29. The van der Waals surface area contributed by atoms with Crippen molar-refractivity contribution in [3.63, 3.8) is 0 Å². The number of carbonyl (C=O) groups is 1. The first-order valence-corrected chi connectivity index (χ1v) is 6.90. The Bertz CT molecular complexity index is 234. The molecule has 0 aromatic carbocycles. The second-order valence-corrected chi connectivity index (χ2v) is 4.81. The highest BCUT2D eigenvalue weighted by Crippen LogP contribution is 2.12. The van der Waals surface area contributed by atoms with Crippen molar-refractivity contribution in [3.05, 3.63) is 12.7 Å². The topological polar surface area (TPSA) is 32.3 Å². The predicted molar refractivity (Wildman–Crippen MR) is 71.9 cm³/mol. The van der Waals surface area contributed by atoms with Gasteiger partial charge < -0.3 is 10.2 Å². The summed E-state index contributed by atoms with van der Waals surface area (Å²) in [6.45, 7) is 8.46. The zero-order chi connectivity index (χ0) is 12.5. The van der Waals surface area contributed by atoms with Gasteiger partial charge in [-0.15, -0.1) is 6.58 Å². The quantitative estimate of drug-likeness (QED) is 0.690. The highest BCUT2D eigenvalue weighted by atomic mass is 16.2. The number of nitrogens with one attached hydrogen (secondary N) is 1. The van der Waals surface area contributed by atoms with Crippen molar-refractivity contribution in [2.45, 2.75) is 51.5 Å². The first-order chi connectivity index (χ1) is 8.27. The van der Waals surface area contributed by atoms with E-state index in [9.17, 15) is 4.79 Å². The molecule has 98 valence electrons. The van der Waals surface area contributed by atoms with Crippen molar-refractivity contribution in [2.75, 3.05) is 19.6 Å². The number of piperidine rings is 1. The summed E-state index contributed by atoms with van der Waals surface area (Å²) in [6, 6.07) is 0.555. The van der Waals surface area contributed by atoms with Gasteiger partial charge in [-0.1, -0.05) is 19.4 Å². The number of hydrogen-bond donors (Lipinski definition) is 1. The van der Waals surface area contributed by atoms with Crippen LogP contribution in [0.5, 0.6) is 0 Å². The maximum absolute atomic E-state index is 12.0. The molecule has 1 unspecified atom stereocenters. The lowest BCUT2D eigenvalue weighted by Gasteiger charge is -2.25. The van der Waals surface area contributed by atoms with Crippen LogP contribution in [0.3, 0.4) is 0 Å². The van der Waals surface area contributed by atoms with E-state index in [2.05, 4.69) is 18.8 Å². The minimum Gasteiger partial charge on any atom is -0.339 e. The molecule has 0 bridgehead atoms. The van der Waals surface area contributed by atoms with Crippen LogP contribution >= 0.6 is 0 Å². The molecule has 0 aromatic rings. The fraction of sp³-hybridized carbons (Fsp3) is 0.786. The summed E-state index contributed by atoms with van der Waals surface area (Å²) in [7, 11) is 0. The Balaban J connectivity index is 2.27. The molecule has 0 spiro atoms. The first-order valence-electron chi connectivity index (χ1n) is 6.90. The van der Waals surface area contributed by atoms with Crippen molar-refractivity contribution in [1.82, 2.24) is 10.2 Å². The van der Waals surface area contributed by atoms with E-state index in [1.165, 1.54) is 19.3 Å². The van der Waals surface area contributed by atoms with Gasteiger partial charge in [-0.3, -0.25) is 4.79 Å². The normalized spacial score (nSPS) is 19.9. The van der Waals surface area contributed by atoms with Gasteiger partial charge in [0.15, 0.2) is 0 Å². The minimum atomic E-state index is 0.277. The monoisotopic (exact) mass is 238 g/mol. The molecule has 0 radical (unpaired) electrons. The van der Waals surface area contributed by atoms with E-state index < -0.39 is 0 Å². The third-order valence-electron chi connectivity index (χ3n) is 3.31. The third kappa shape index (κ3) is 5.35. The van der Waals surface area contributed by atoms with Crippen molar-refractivity contribution in [3.8, 4) is 0 Å². The van der Waals surface area contributed by atoms with E-state index in [1.54, 1.807) is 0 Å². The number of carbonyl (C=O) groups excluding carboxylic acids is 1. The number of nitrogens with zero attached hydrogens (tertiary/aromatic N) is 1. The van der Waals surface area contributed by atoms with Gasteiger partial charge in [-0.05, 0) is 32.2 Å². The van der Waals surface area contributed by atoms with Crippen molar-refractivity contribution in [2.24, 2.45) is 0 Å². The predicted octanol–water partition coefficient (Wildman–Crippen LogP) is 2.33. The summed E-state index contributed by atoms with van der Waals surface area (Å²) in [6.07, 6.45) is 8.29. The number of rotatable bonds is 7. The van der Waals surface area contributed by atoms with Crippen molar-refractivity contribution >= 4 is 5.91 Å². The lowest BCUT2D eigenvalue weighted by molar-refractivity contribution is -0.131. The average molecular weight is 238 g/mol. The molecule has 1 heterocycles. The third-order valence-corrected chi connectivity index (χ3v) is 3.31. The van der Waals surface area contributed by atoms with Gasteiger partial charge in [0.2, 0.25) is 5.91 Å². The maximum atomic E-state index is 12.0. The largest absolute Gasteiger partial charge is 0.339 e. The molecule has 1 saturated heterocycles. The molecule has 1 rings (SSSR count). The molecule has 1 N–H and O–H groups in total. The SMILES string of the molecule is C=CCN(CCC)C(=O)CCC1CCCCN1. The Kier molecular flexibility index (Phi) is 6.94. The van der Waals surface area contributed by atoms with Gasteiger partial charge >= 0.3 is 0 Å². The maximum Gasteiger partial charge on any atom is 0.222 e. The Morgan fingerprint density at radius 2 is 2.35 bits per heavy atom. The van der Waals surface area contributed by atoms with Crippen molar-refractivity contribution < 1.29 is 4.79 Å². The van der Waals surface area contributed by atoms with Crippen LogP contribution in [0.25, 0.3) is 0 Å². The average Bonchev–Trinajstić information content (AvgIpc) is 2.37. The van der Waals surface area contributed by atoms with E-state index in [0.29, 0.717) is 19.0 Å². The Morgan fingerprint density at radius 1 is 1.53 bits per heavy atom. The summed E-state index contributed by atoms with van der Waals surface area (Å²) in [4.78, 5) is 13.9. The van der Waals surface area contributed by atoms with Gasteiger partial charge in [-0.2, -0.15) is 0 Å². The zero-order valence-corrected chi connectivity index (χ0v) is 11.1. The van der Waals surface area contributed by atoms with Gasteiger partial charge in [0.25, 0.3) is 0 Å². The van der Waals surface area contributed by atoms with E-state index in [4.69, 9.17) is 0 Å². The van der Waals surface area contributed by atoms with E-state index in [0.717, 1.165) is 25.9 Å². The summed E-state index contributed by atoms with van der Waals surface area (Å²) in [5.74, 6) is 0.277. The van der Waals surface area contributed by atoms with E-state index in [-0.39, 0.29) is 5.91 Å². The Labute approximate surface area is 105 Å². The van der Waals surface area contributed by atoms with Crippen LogP contribution in [0.1, 0.15) is 45.4 Å². The van der Waals surface area contributed by atoms with E-state index in [1.807, 2.05) is 11.0 Å². The lowest BCUT2D eigenvalue weighted by atomic mass is 10.0. The first kappa shape index (κ1) is 14.2. The molecule has 1 fully saturated rings. The standard InChI is InChI=1S/C14H26N2O/c1-3-11-16(12-4-2)14(17)9-8-13-7-5-6-10-15-13/h3,13,15H,1,4-12H2,2H3. The van der Waals surface area contributed by atoms with E-state index >= 15 is 0 Å². The van der Waals surface area contributed by atoms with Crippen LogP contribution in [0.15, 0.2) is 12.7 Å². The van der Waals surface area contributed by atoms with Crippen LogP contribution in [-0.4, -0.2) is 36.5 Å². The molecular weight excluding hydrogens is 212 g/mol. The van der Waals surface area contributed by atoms with Gasteiger partial charge in [-0.25, -0.2) is 0 Å². The van der Waals surface area contributed by atoms with Crippen LogP contribution in [0.2, 0.25) is 0 Å². The molecule has 1 aliphatic heterocycles. The Morgan fingerprint density at radius 3 is 2.94 bits per heavy atom. The molecule has 3 heteroatoms. The molecule has 0 aromatic heterocycles. The molecule has 0 saturated carbocycles. The lowest BCUT2D eigenvalue weighted by Crippen LogP contribution is -2.37. The molecule has 3 nitrogen and oxygen atoms in total. The smallest absolute Gasteiger partial charge is 0.222 e. The second-order valence-electron chi connectivity index (χ2n) is 4.81. The molecule has 1 amide bonds. The number of hydrogen-bond acceptors (Lipinski definition) is 2. The number of amides is 1. The van der Waals surface area contributed by atoms with Gasteiger partial charge in [0.05, 0.1) is 0 Å². The van der Waals surface area contributed by atoms with Crippen LogP contribution < -0.4 is 5.32 Å². The zero-order valence-electron chi connectivity index (χ0n) is 11.1. The molecular formula is C14H26N2O. The highest BCUT2D eigenvalue weighted by Gasteiger charge is 2.16. The summed E-state index contributed by atoms with van der Waals surface area (Å²) < 4.78 is 0. The van der Waals surface area contributed by atoms with Crippen molar-refractivity contribution in [1.29, 1.82) is 0 Å². The highest BCUT2D eigenvalue weighted by molar-refractivity contribution is 5.76. The van der Waals surface area contributed by atoms with Crippen LogP contribution in [0.4, 0.5) is 0 Å². The van der Waals surface area contributed by atoms with Gasteiger partial charge in [0.1, 0.15) is 0 Å². The summed E-state index contributed by atoms with van der Waals surface area (Å²) in [5.41, 5.74) is 0. The van der Waals surface area contributed by atoms with Crippen LogP contribution in [-0.2, 0) is 4.79 Å².